The SMILES string of the molecule is CNC(Cc1ccc(Br)cc1)Cc1ccc(Br)cc1. The summed E-state index contributed by atoms with van der Waals surface area (Å²) >= 11 is 6.94. The molecule has 2 aromatic rings. The highest BCUT2D eigenvalue weighted by Crippen LogP contribution is 2.15. The van der Waals surface area contributed by atoms with E-state index in [1.807, 2.05) is 7.05 Å². The van der Waals surface area contributed by atoms with E-state index in [4.69, 9.17) is 0 Å². The first-order chi connectivity index (χ1) is 9.17. The van der Waals surface area contributed by atoms with Crippen LogP contribution in [0.3, 0.4) is 0 Å². The van der Waals surface area contributed by atoms with Crippen LogP contribution in [-0.4, -0.2) is 13.1 Å². The normalized spacial score (nSPS) is 10.9. The monoisotopic (exact) mass is 381 g/mol. The fourth-order valence-corrected chi connectivity index (χ4v) is 2.61. The molecule has 0 aliphatic rings. The minimum absolute atomic E-state index is 0.461. The quantitative estimate of drug-likeness (QED) is 0.797. The molecule has 1 N–H and O–H groups in total. The molecule has 1 nitrogen and oxygen atoms in total. The molecule has 0 heterocycles. The topological polar surface area (TPSA) is 12.0 Å². The van der Waals surface area contributed by atoms with E-state index in [-0.39, 0.29) is 0 Å². The van der Waals surface area contributed by atoms with Gasteiger partial charge in [0.25, 0.3) is 0 Å². The van der Waals surface area contributed by atoms with Gasteiger partial charge >= 0.3 is 0 Å². The maximum absolute atomic E-state index is 3.47. The van der Waals surface area contributed by atoms with Crippen molar-refractivity contribution in [2.45, 2.75) is 18.9 Å². The Kier molecular flexibility index (Phi) is 5.61. The third-order valence-corrected chi connectivity index (χ3v) is 4.26. The Morgan fingerprint density at radius 2 is 1.16 bits per heavy atom. The fraction of sp³-hybridized carbons (Fsp3) is 0.250. The smallest absolute Gasteiger partial charge is 0.0175 e. The van der Waals surface area contributed by atoms with Crippen LogP contribution >= 0.6 is 31.9 Å². The summed E-state index contributed by atoms with van der Waals surface area (Å²) < 4.78 is 2.26. The largest absolute Gasteiger partial charge is 0.316 e. The van der Waals surface area contributed by atoms with E-state index in [0.29, 0.717) is 6.04 Å². The van der Waals surface area contributed by atoms with E-state index in [1.165, 1.54) is 11.1 Å². The lowest BCUT2D eigenvalue weighted by molar-refractivity contribution is 0.556. The van der Waals surface area contributed by atoms with Gasteiger partial charge in [0.15, 0.2) is 0 Å². The zero-order valence-electron chi connectivity index (χ0n) is 10.9. The molecule has 0 aliphatic heterocycles. The molecule has 0 atom stereocenters. The Balaban J connectivity index is 2.00. The van der Waals surface area contributed by atoms with Crippen molar-refractivity contribution >= 4 is 31.9 Å². The van der Waals surface area contributed by atoms with Crippen LogP contribution in [0.5, 0.6) is 0 Å². The summed E-state index contributed by atoms with van der Waals surface area (Å²) in [6.45, 7) is 0. The average Bonchev–Trinajstić information content (AvgIpc) is 2.43. The van der Waals surface area contributed by atoms with Gasteiger partial charge in [0.2, 0.25) is 0 Å². The summed E-state index contributed by atoms with van der Waals surface area (Å²) in [5, 5.41) is 3.40. The third kappa shape index (κ3) is 4.75. The lowest BCUT2D eigenvalue weighted by atomic mass is 9.99. The maximum Gasteiger partial charge on any atom is 0.0175 e. The molecule has 0 bridgehead atoms. The molecule has 0 saturated heterocycles. The Hall–Kier alpha value is -0.640. The average molecular weight is 383 g/mol. The van der Waals surface area contributed by atoms with E-state index in [9.17, 15) is 0 Å². The number of halogens is 2. The molecule has 0 saturated carbocycles. The lowest BCUT2D eigenvalue weighted by Crippen LogP contribution is -2.29. The second kappa shape index (κ2) is 7.22. The van der Waals surface area contributed by atoms with Gasteiger partial charge in [-0.3, -0.25) is 0 Å². The van der Waals surface area contributed by atoms with Crippen molar-refractivity contribution in [2.24, 2.45) is 0 Å². The standard InChI is InChI=1S/C16H17Br2N/c1-19-16(10-12-2-6-14(17)7-3-12)11-13-4-8-15(18)9-5-13/h2-9,16,19H,10-11H2,1H3. The van der Waals surface area contributed by atoms with Gasteiger partial charge in [-0.15, -0.1) is 0 Å². The molecule has 0 spiro atoms. The molecule has 0 fully saturated rings. The Labute approximate surface area is 131 Å². The van der Waals surface area contributed by atoms with E-state index in [2.05, 4.69) is 85.7 Å². The van der Waals surface area contributed by atoms with E-state index >= 15 is 0 Å². The van der Waals surface area contributed by atoms with Crippen LogP contribution in [0.4, 0.5) is 0 Å². The summed E-state index contributed by atoms with van der Waals surface area (Å²) in [5.74, 6) is 0. The summed E-state index contributed by atoms with van der Waals surface area (Å²) in [4.78, 5) is 0. The molecule has 0 aliphatic carbocycles. The number of rotatable bonds is 5. The molecule has 2 aromatic carbocycles. The lowest BCUT2D eigenvalue weighted by Gasteiger charge is -2.16. The summed E-state index contributed by atoms with van der Waals surface area (Å²) in [6.07, 6.45) is 2.08. The zero-order chi connectivity index (χ0) is 13.7. The van der Waals surface area contributed by atoms with Gasteiger partial charge in [-0.05, 0) is 55.3 Å². The van der Waals surface area contributed by atoms with Crippen molar-refractivity contribution < 1.29 is 0 Å². The van der Waals surface area contributed by atoms with Crippen molar-refractivity contribution in [3.63, 3.8) is 0 Å². The van der Waals surface area contributed by atoms with Gasteiger partial charge in [-0.2, -0.15) is 0 Å². The number of likely N-dealkylation sites (N-methyl/N-ethyl adjacent to an activating group) is 1. The number of nitrogens with one attached hydrogen (secondary N) is 1. The summed E-state index contributed by atoms with van der Waals surface area (Å²) in [7, 11) is 2.03. The van der Waals surface area contributed by atoms with Crippen molar-refractivity contribution in [3.05, 3.63) is 68.6 Å². The maximum atomic E-state index is 3.47. The second-order valence-electron chi connectivity index (χ2n) is 4.65. The fourth-order valence-electron chi connectivity index (χ4n) is 2.09. The van der Waals surface area contributed by atoms with Crippen LogP contribution in [0, 0.1) is 0 Å². The van der Waals surface area contributed by atoms with Crippen LogP contribution in [0.15, 0.2) is 57.5 Å². The van der Waals surface area contributed by atoms with Crippen LogP contribution in [0.1, 0.15) is 11.1 Å². The highest BCUT2D eigenvalue weighted by Gasteiger charge is 2.08. The summed E-state index contributed by atoms with van der Waals surface area (Å²) in [6, 6.07) is 17.6. The summed E-state index contributed by atoms with van der Waals surface area (Å²) in [5.41, 5.74) is 2.72. The molecule has 0 unspecified atom stereocenters. The van der Waals surface area contributed by atoms with Gasteiger partial charge in [0.1, 0.15) is 0 Å². The molecular formula is C16H17Br2N. The first-order valence-corrected chi connectivity index (χ1v) is 7.92. The van der Waals surface area contributed by atoms with Crippen molar-refractivity contribution in [3.8, 4) is 0 Å². The van der Waals surface area contributed by atoms with Crippen molar-refractivity contribution in [1.82, 2.24) is 5.32 Å². The molecule has 2 rings (SSSR count). The van der Waals surface area contributed by atoms with E-state index in [1.54, 1.807) is 0 Å². The van der Waals surface area contributed by atoms with Crippen LogP contribution < -0.4 is 5.32 Å². The van der Waals surface area contributed by atoms with Crippen molar-refractivity contribution in [1.29, 1.82) is 0 Å². The van der Waals surface area contributed by atoms with Gasteiger partial charge in [-0.1, -0.05) is 56.1 Å². The van der Waals surface area contributed by atoms with Crippen LogP contribution in [0.2, 0.25) is 0 Å². The Morgan fingerprint density at radius 1 is 0.789 bits per heavy atom. The Bertz CT molecular complexity index is 458. The Morgan fingerprint density at radius 3 is 1.47 bits per heavy atom. The number of hydrogen-bond acceptors (Lipinski definition) is 1. The first kappa shape index (κ1) is 14.8. The van der Waals surface area contributed by atoms with Gasteiger partial charge in [-0.25, -0.2) is 0 Å². The van der Waals surface area contributed by atoms with Crippen LogP contribution in [0.25, 0.3) is 0 Å². The predicted molar refractivity (Wildman–Crippen MR) is 88.5 cm³/mol. The number of hydrogen-bond donors (Lipinski definition) is 1. The molecule has 0 aromatic heterocycles. The van der Waals surface area contributed by atoms with E-state index in [0.717, 1.165) is 21.8 Å². The highest BCUT2D eigenvalue weighted by atomic mass is 79.9. The van der Waals surface area contributed by atoms with E-state index < -0.39 is 0 Å². The van der Waals surface area contributed by atoms with Crippen LogP contribution in [-0.2, 0) is 12.8 Å². The third-order valence-electron chi connectivity index (χ3n) is 3.20. The molecule has 0 amide bonds. The highest BCUT2D eigenvalue weighted by molar-refractivity contribution is 9.10. The number of benzene rings is 2. The minimum Gasteiger partial charge on any atom is -0.316 e. The zero-order valence-corrected chi connectivity index (χ0v) is 14.0. The molecular weight excluding hydrogens is 366 g/mol. The molecule has 0 radical (unpaired) electrons. The van der Waals surface area contributed by atoms with Gasteiger partial charge in [0, 0.05) is 15.0 Å². The van der Waals surface area contributed by atoms with Gasteiger partial charge in [0.05, 0.1) is 0 Å². The predicted octanol–water partition coefficient (Wildman–Crippen LogP) is 4.58. The van der Waals surface area contributed by atoms with Crippen molar-refractivity contribution in [2.75, 3.05) is 7.05 Å². The molecule has 19 heavy (non-hydrogen) atoms. The molecule has 100 valence electrons. The minimum atomic E-state index is 0.461. The van der Waals surface area contributed by atoms with Gasteiger partial charge < -0.3 is 5.32 Å². The second-order valence-corrected chi connectivity index (χ2v) is 6.48. The molecule has 3 heteroatoms. The first-order valence-electron chi connectivity index (χ1n) is 6.33.